The molecule has 1 aliphatic rings. The third kappa shape index (κ3) is 3.69. The molecule has 3 aromatic rings. The molecule has 0 spiro atoms. The number of fused-ring (bicyclic) bond motifs is 1. The molecule has 1 saturated heterocycles. The monoisotopic (exact) mass is 445 g/mol. The van der Waals surface area contributed by atoms with E-state index in [0.717, 1.165) is 4.57 Å². The van der Waals surface area contributed by atoms with Gasteiger partial charge < -0.3 is 9.47 Å². The molecule has 11 heteroatoms. The van der Waals surface area contributed by atoms with Crippen LogP contribution in [-0.4, -0.2) is 56.2 Å². The van der Waals surface area contributed by atoms with Crippen molar-refractivity contribution >= 4 is 26.9 Å². The second-order valence-electron chi connectivity index (χ2n) is 7.73. The molecule has 1 unspecified atom stereocenters. The maximum atomic E-state index is 13.0. The zero-order valence-corrected chi connectivity index (χ0v) is 18.1. The molecule has 0 aliphatic carbocycles. The average molecular weight is 446 g/mol. The van der Waals surface area contributed by atoms with E-state index in [4.69, 9.17) is 0 Å². The fourth-order valence-corrected chi connectivity index (χ4v) is 5.69. The first kappa shape index (κ1) is 21.0. The highest BCUT2D eigenvalue weighted by Gasteiger charge is 2.33. The molecule has 3 heterocycles. The van der Waals surface area contributed by atoms with E-state index in [2.05, 4.69) is 4.98 Å². The van der Waals surface area contributed by atoms with Gasteiger partial charge in [0.15, 0.2) is 21.0 Å². The molecule has 1 atom stereocenters. The molecule has 0 N–H and O–H groups in total. The lowest BCUT2D eigenvalue weighted by Gasteiger charge is -2.25. The molecule has 1 aromatic carbocycles. The van der Waals surface area contributed by atoms with E-state index in [1.54, 1.807) is 35.2 Å². The van der Waals surface area contributed by atoms with E-state index in [0.29, 0.717) is 19.4 Å². The molecular weight excluding hydrogens is 422 g/mol. The van der Waals surface area contributed by atoms with Crippen LogP contribution in [0.4, 0.5) is 0 Å². The van der Waals surface area contributed by atoms with Crippen LogP contribution in [0.1, 0.15) is 12.8 Å². The number of imidazole rings is 1. The quantitative estimate of drug-likeness (QED) is 0.541. The van der Waals surface area contributed by atoms with Crippen molar-refractivity contribution in [2.45, 2.75) is 30.3 Å². The summed E-state index contributed by atoms with van der Waals surface area (Å²) in [6, 6.07) is 7.76. The molecule has 0 bridgehead atoms. The number of likely N-dealkylation sites (tertiary alicyclic amines) is 1. The van der Waals surface area contributed by atoms with Gasteiger partial charge in [-0.3, -0.25) is 18.7 Å². The fourth-order valence-electron chi connectivity index (χ4n) is 4.07. The van der Waals surface area contributed by atoms with E-state index in [1.807, 2.05) is 0 Å². The summed E-state index contributed by atoms with van der Waals surface area (Å²) in [4.78, 5) is 43.6. The van der Waals surface area contributed by atoms with Gasteiger partial charge in [0.05, 0.1) is 17.0 Å². The zero-order valence-electron chi connectivity index (χ0n) is 17.3. The van der Waals surface area contributed by atoms with E-state index >= 15 is 0 Å². The minimum atomic E-state index is -3.53. The smallest absolute Gasteiger partial charge is 0.332 e. The van der Waals surface area contributed by atoms with Gasteiger partial charge in [-0.25, -0.2) is 18.2 Å². The number of carbonyl (C=O) groups is 1. The normalized spacial score (nSPS) is 16.8. The zero-order chi connectivity index (χ0) is 22.3. The summed E-state index contributed by atoms with van der Waals surface area (Å²) < 4.78 is 29.2. The highest BCUT2D eigenvalue weighted by molar-refractivity contribution is 7.91. The summed E-state index contributed by atoms with van der Waals surface area (Å²) in [5, 5.41) is 0. The summed E-state index contributed by atoms with van der Waals surface area (Å²) in [7, 11) is -0.657. The molecule has 0 saturated carbocycles. The van der Waals surface area contributed by atoms with Gasteiger partial charge in [0, 0.05) is 26.7 Å². The number of nitrogens with zero attached hydrogens (tertiary/aromatic N) is 5. The van der Waals surface area contributed by atoms with Gasteiger partial charge >= 0.3 is 5.69 Å². The number of amides is 1. The summed E-state index contributed by atoms with van der Waals surface area (Å²) in [5.41, 5.74) is -0.677. The van der Waals surface area contributed by atoms with Crippen LogP contribution in [0.3, 0.4) is 0 Å². The van der Waals surface area contributed by atoms with Crippen molar-refractivity contribution in [3.63, 3.8) is 0 Å². The summed E-state index contributed by atoms with van der Waals surface area (Å²) >= 11 is 0. The Morgan fingerprint density at radius 2 is 1.84 bits per heavy atom. The molecule has 31 heavy (non-hydrogen) atoms. The van der Waals surface area contributed by atoms with Crippen LogP contribution in [-0.2, 0) is 35.3 Å². The maximum absolute atomic E-state index is 13.0. The van der Waals surface area contributed by atoms with Crippen LogP contribution in [0.15, 0.2) is 51.1 Å². The number of rotatable bonds is 5. The number of sulfone groups is 1. The number of hydrogen-bond acceptors (Lipinski definition) is 6. The molecule has 164 valence electrons. The lowest BCUT2D eigenvalue weighted by Crippen LogP contribution is -2.42. The van der Waals surface area contributed by atoms with Crippen molar-refractivity contribution in [3.8, 4) is 0 Å². The predicted molar refractivity (Wildman–Crippen MR) is 113 cm³/mol. The maximum Gasteiger partial charge on any atom is 0.332 e. The van der Waals surface area contributed by atoms with Gasteiger partial charge in [-0.1, -0.05) is 18.2 Å². The number of hydrogen-bond donors (Lipinski definition) is 0. The minimum Gasteiger partial charge on any atom is -0.337 e. The van der Waals surface area contributed by atoms with Gasteiger partial charge in [0.1, 0.15) is 6.54 Å². The molecule has 4 rings (SSSR count). The van der Waals surface area contributed by atoms with Gasteiger partial charge in [-0.2, -0.15) is 0 Å². The van der Waals surface area contributed by atoms with Crippen molar-refractivity contribution in [2.24, 2.45) is 14.1 Å². The van der Waals surface area contributed by atoms with Crippen LogP contribution in [0.5, 0.6) is 0 Å². The Morgan fingerprint density at radius 3 is 2.55 bits per heavy atom. The topological polar surface area (TPSA) is 116 Å². The Labute approximate surface area is 178 Å². The van der Waals surface area contributed by atoms with Crippen molar-refractivity contribution < 1.29 is 13.2 Å². The molecule has 2 aromatic heterocycles. The summed E-state index contributed by atoms with van der Waals surface area (Å²) in [6.45, 7) is 0.294. The van der Waals surface area contributed by atoms with E-state index in [9.17, 15) is 22.8 Å². The molecule has 0 radical (unpaired) electrons. The lowest BCUT2D eigenvalue weighted by atomic mass is 10.2. The first-order chi connectivity index (χ1) is 14.7. The van der Waals surface area contributed by atoms with Crippen LogP contribution >= 0.6 is 0 Å². The molecule has 1 amide bonds. The third-order valence-corrected chi connectivity index (χ3v) is 7.55. The minimum absolute atomic E-state index is 0.149. The first-order valence-corrected chi connectivity index (χ1v) is 11.5. The Morgan fingerprint density at radius 1 is 1.13 bits per heavy atom. The second kappa shape index (κ2) is 7.80. The predicted octanol–water partition coefficient (Wildman–Crippen LogP) is -0.101. The van der Waals surface area contributed by atoms with Crippen LogP contribution in [0.2, 0.25) is 0 Å². The molecule has 1 fully saturated rings. The SMILES string of the molecule is Cn1c(=O)c2c(ncn2CC(=O)N2CCCC2CS(=O)(=O)c2ccccc2)n(C)c1=O. The van der Waals surface area contributed by atoms with Crippen molar-refractivity contribution in [3.05, 3.63) is 57.5 Å². The van der Waals surface area contributed by atoms with Gasteiger partial charge in [0.25, 0.3) is 5.56 Å². The van der Waals surface area contributed by atoms with Crippen molar-refractivity contribution in [2.75, 3.05) is 12.3 Å². The van der Waals surface area contributed by atoms with E-state index < -0.39 is 27.1 Å². The summed E-state index contributed by atoms with van der Waals surface area (Å²) in [5.74, 6) is -0.440. The molecule has 10 nitrogen and oxygen atoms in total. The Hall–Kier alpha value is -3.21. The second-order valence-corrected chi connectivity index (χ2v) is 9.76. The third-order valence-electron chi connectivity index (χ3n) is 5.73. The standard InChI is InChI=1S/C20H23N5O5S/c1-22-18-17(19(27)23(2)20(22)28)24(13-21-18)11-16(26)25-10-6-7-14(25)12-31(29,30)15-8-4-3-5-9-15/h3-5,8-9,13-14H,6-7,10-12H2,1-2H3. The largest absolute Gasteiger partial charge is 0.337 e. The molecular formula is C20H23N5O5S. The van der Waals surface area contributed by atoms with Crippen LogP contribution in [0.25, 0.3) is 11.2 Å². The first-order valence-electron chi connectivity index (χ1n) is 9.89. The van der Waals surface area contributed by atoms with Gasteiger partial charge in [-0.05, 0) is 25.0 Å². The van der Waals surface area contributed by atoms with E-state index in [-0.39, 0.29) is 34.3 Å². The number of aromatic nitrogens is 4. The molecule has 1 aliphatic heterocycles. The number of benzene rings is 1. The van der Waals surface area contributed by atoms with Gasteiger partial charge in [0.2, 0.25) is 5.91 Å². The van der Waals surface area contributed by atoms with Crippen LogP contribution < -0.4 is 11.2 Å². The van der Waals surface area contributed by atoms with Crippen LogP contribution in [0, 0.1) is 0 Å². The highest BCUT2D eigenvalue weighted by atomic mass is 32.2. The lowest BCUT2D eigenvalue weighted by molar-refractivity contribution is -0.132. The van der Waals surface area contributed by atoms with Crippen molar-refractivity contribution in [1.29, 1.82) is 0 Å². The van der Waals surface area contributed by atoms with Gasteiger partial charge in [-0.15, -0.1) is 0 Å². The fraction of sp³-hybridized carbons (Fsp3) is 0.400. The Bertz CT molecular complexity index is 1370. The number of aryl methyl sites for hydroxylation is 1. The summed E-state index contributed by atoms with van der Waals surface area (Å²) in [6.07, 6.45) is 2.66. The Kier molecular flexibility index (Phi) is 5.29. The van der Waals surface area contributed by atoms with Crippen molar-refractivity contribution in [1.82, 2.24) is 23.6 Å². The Balaban J connectivity index is 1.59. The highest BCUT2D eigenvalue weighted by Crippen LogP contribution is 2.23. The number of carbonyl (C=O) groups excluding carboxylic acids is 1. The average Bonchev–Trinajstić information content (AvgIpc) is 3.38. The van der Waals surface area contributed by atoms with E-state index in [1.165, 1.54) is 29.6 Å².